The molecular formula is C26H33N5O5S. The van der Waals surface area contributed by atoms with Gasteiger partial charge in [0.2, 0.25) is 0 Å². The number of nitriles is 1. The van der Waals surface area contributed by atoms with E-state index in [4.69, 9.17) is 5.26 Å². The minimum absolute atomic E-state index is 0.0856. The van der Waals surface area contributed by atoms with E-state index in [1.54, 1.807) is 57.0 Å². The average molecular weight is 528 g/mol. The van der Waals surface area contributed by atoms with Crippen molar-refractivity contribution in [2.45, 2.75) is 68.6 Å². The van der Waals surface area contributed by atoms with E-state index in [9.17, 15) is 23.1 Å². The molecule has 0 spiro atoms. The first kappa shape index (κ1) is 26.8. The van der Waals surface area contributed by atoms with Crippen LogP contribution in [0.4, 0.5) is 0 Å². The molecule has 2 aromatic rings. The number of carbonyl (C=O) groups is 2. The highest BCUT2D eigenvalue weighted by molar-refractivity contribution is 7.94. The van der Waals surface area contributed by atoms with Crippen molar-refractivity contribution in [2.24, 2.45) is 7.05 Å². The number of aromatic nitrogens is 2. The molecule has 0 bridgehead atoms. The zero-order valence-corrected chi connectivity index (χ0v) is 22.4. The normalized spacial score (nSPS) is 17.6. The van der Waals surface area contributed by atoms with Crippen LogP contribution in [0, 0.1) is 11.3 Å². The zero-order chi connectivity index (χ0) is 27.2. The van der Waals surface area contributed by atoms with Gasteiger partial charge in [0.25, 0.3) is 11.8 Å². The second-order valence-corrected chi connectivity index (χ2v) is 13.7. The van der Waals surface area contributed by atoms with Crippen LogP contribution in [0.1, 0.15) is 77.7 Å². The molecule has 0 saturated heterocycles. The maximum Gasteiger partial charge on any atom is 0.272 e. The van der Waals surface area contributed by atoms with Crippen LogP contribution >= 0.6 is 0 Å². The fourth-order valence-electron chi connectivity index (χ4n) is 5.27. The highest BCUT2D eigenvalue weighted by Gasteiger charge is 2.61. The predicted molar refractivity (Wildman–Crippen MR) is 136 cm³/mol. The molecule has 1 saturated carbocycles. The molecule has 4 rings (SSSR count). The number of nitrogens with one attached hydrogen (secondary N) is 1. The van der Waals surface area contributed by atoms with E-state index >= 15 is 0 Å². The molecule has 11 heteroatoms. The highest BCUT2D eigenvalue weighted by atomic mass is 32.2. The number of benzene rings is 1. The third kappa shape index (κ3) is 4.88. The van der Waals surface area contributed by atoms with Gasteiger partial charge in [0, 0.05) is 32.2 Å². The van der Waals surface area contributed by atoms with Gasteiger partial charge in [-0.25, -0.2) is 8.42 Å². The summed E-state index contributed by atoms with van der Waals surface area (Å²) < 4.78 is 26.4. The second-order valence-electron chi connectivity index (χ2n) is 10.8. The third-order valence-electron chi connectivity index (χ3n) is 7.39. The number of fused-ring (bicyclic) bond motifs is 1. The molecule has 1 aliphatic heterocycles. The number of rotatable bonds is 9. The Kier molecular flexibility index (Phi) is 6.94. The summed E-state index contributed by atoms with van der Waals surface area (Å²) in [5.74, 6) is -0.735. The molecule has 10 nitrogen and oxygen atoms in total. The SMILES string of the molecule is CC(O)CC(C)(C)S(=O)(=O)C1(CN2CCc3c(C(=O)NCc4ccc(C#N)cc4)nn(C)c3C2=O)CC1. The van der Waals surface area contributed by atoms with Gasteiger partial charge in [-0.15, -0.1) is 0 Å². The maximum absolute atomic E-state index is 13.5. The summed E-state index contributed by atoms with van der Waals surface area (Å²) in [6.07, 6.45) is 0.711. The quantitative estimate of drug-likeness (QED) is 0.505. The van der Waals surface area contributed by atoms with E-state index in [-0.39, 0.29) is 31.1 Å². The smallest absolute Gasteiger partial charge is 0.272 e. The number of hydrogen-bond donors (Lipinski definition) is 2. The molecule has 1 fully saturated rings. The van der Waals surface area contributed by atoms with E-state index in [0.717, 1.165) is 5.56 Å². The summed E-state index contributed by atoms with van der Waals surface area (Å²) in [7, 11) is -2.03. The van der Waals surface area contributed by atoms with Gasteiger partial charge in [-0.2, -0.15) is 10.4 Å². The molecule has 1 atom stereocenters. The van der Waals surface area contributed by atoms with Crippen molar-refractivity contribution in [1.82, 2.24) is 20.0 Å². The Morgan fingerprint density at radius 1 is 1.30 bits per heavy atom. The topological polar surface area (TPSA) is 145 Å². The minimum atomic E-state index is -3.64. The first-order valence-corrected chi connectivity index (χ1v) is 13.8. The molecule has 1 unspecified atom stereocenters. The molecule has 1 aromatic heterocycles. The van der Waals surface area contributed by atoms with Crippen molar-refractivity contribution in [1.29, 1.82) is 5.26 Å². The van der Waals surface area contributed by atoms with Gasteiger partial charge in [0.15, 0.2) is 15.5 Å². The van der Waals surface area contributed by atoms with Crippen molar-refractivity contribution < 1.29 is 23.1 Å². The lowest BCUT2D eigenvalue weighted by Gasteiger charge is -2.35. The van der Waals surface area contributed by atoms with Crippen molar-refractivity contribution in [3.63, 3.8) is 0 Å². The Bertz CT molecular complexity index is 1370. The fourth-order valence-corrected chi connectivity index (χ4v) is 7.87. The summed E-state index contributed by atoms with van der Waals surface area (Å²) >= 11 is 0. The molecule has 1 aromatic carbocycles. The van der Waals surface area contributed by atoms with E-state index in [1.807, 2.05) is 0 Å². The molecule has 2 amide bonds. The molecule has 2 aliphatic rings. The van der Waals surface area contributed by atoms with Crippen LogP contribution < -0.4 is 5.32 Å². The van der Waals surface area contributed by atoms with E-state index < -0.39 is 31.3 Å². The number of hydrogen-bond acceptors (Lipinski definition) is 7. The predicted octanol–water partition coefficient (Wildman–Crippen LogP) is 1.72. The van der Waals surface area contributed by atoms with E-state index in [1.165, 1.54) is 4.68 Å². The number of amides is 2. The minimum Gasteiger partial charge on any atom is -0.393 e. The van der Waals surface area contributed by atoms with Gasteiger partial charge in [-0.1, -0.05) is 12.1 Å². The van der Waals surface area contributed by atoms with E-state index in [2.05, 4.69) is 16.5 Å². The van der Waals surface area contributed by atoms with E-state index in [0.29, 0.717) is 42.6 Å². The Hall–Kier alpha value is -3.23. The van der Waals surface area contributed by atoms with Crippen LogP contribution in [0.5, 0.6) is 0 Å². The molecule has 198 valence electrons. The molecule has 2 N–H and O–H groups in total. The largest absolute Gasteiger partial charge is 0.393 e. The van der Waals surface area contributed by atoms with Crippen LogP contribution in [0.2, 0.25) is 0 Å². The average Bonchev–Trinajstić information content (AvgIpc) is 3.55. The van der Waals surface area contributed by atoms with Crippen LogP contribution in [0.25, 0.3) is 0 Å². The lowest BCUT2D eigenvalue weighted by Crippen LogP contribution is -2.51. The van der Waals surface area contributed by atoms with Crippen LogP contribution in [-0.4, -0.2) is 68.7 Å². The van der Waals surface area contributed by atoms with Gasteiger partial charge in [-0.05, 0) is 64.2 Å². The van der Waals surface area contributed by atoms with Crippen molar-refractivity contribution in [3.8, 4) is 6.07 Å². The molecule has 0 radical (unpaired) electrons. The molecule has 2 heterocycles. The monoisotopic (exact) mass is 527 g/mol. The summed E-state index contributed by atoms with van der Waals surface area (Å²) in [6, 6.07) is 8.93. The number of aliphatic hydroxyl groups is 1. The molecule has 37 heavy (non-hydrogen) atoms. The zero-order valence-electron chi connectivity index (χ0n) is 21.6. The Labute approximate surface area is 217 Å². The van der Waals surface area contributed by atoms with Crippen molar-refractivity contribution >= 4 is 21.7 Å². The van der Waals surface area contributed by atoms with Crippen LogP contribution in [-0.2, 0) is 29.9 Å². The van der Waals surface area contributed by atoms with Gasteiger partial charge in [-0.3, -0.25) is 14.3 Å². The number of aryl methyl sites for hydroxylation is 1. The van der Waals surface area contributed by atoms with Crippen LogP contribution in [0.15, 0.2) is 24.3 Å². The Morgan fingerprint density at radius 2 is 1.95 bits per heavy atom. The summed E-state index contributed by atoms with van der Waals surface area (Å²) in [5.41, 5.74) is 2.40. The van der Waals surface area contributed by atoms with Gasteiger partial charge < -0.3 is 15.3 Å². The first-order chi connectivity index (χ1) is 17.3. The number of nitrogens with zero attached hydrogens (tertiary/aromatic N) is 4. The highest BCUT2D eigenvalue weighted by Crippen LogP contribution is 2.50. The molecular weight excluding hydrogens is 494 g/mol. The second kappa shape index (κ2) is 9.58. The lowest BCUT2D eigenvalue weighted by molar-refractivity contribution is 0.0723. The van der Waals surface area contributed by atoms with Gasteiger partial charge in [0.1, 0.15) is 5.69 Å². The van der Waals surface area contributed by atoms with Crippen LogP contribution in [0.3, 0.4) is 0 Å². The number of carbonyl (C=O) groups excluding carboxylic acids is 2. The van der Waals surface area contributed by atoms with Gasteiger partial charge >= 0.3 is 0 Å². The van der Waals surface area contributed by atoms with Gasteiger partial charge in [0.05, 0.1) is 27.2 Å². The fraction of sp³-hybridized carbons (Fsp3) is 0.538. The number of sulfone groups is 1. The van der Waals surface area contributed by atoms with Crippen molar-refractivity contribution in [2.75, 3.05) is 13.1 Å². The van der Waals surface area contributed by atoms with Crippen molar-refractivity contribution in [3.05, 3.63) is 52.3 Å². The standard InChI is InChI=1S/C26H33N5O5S/c1-17(32)13-25(2,3)37(35,36)26(10-11-26)16-31-12-9-20-21(29-30(4)22(20)24(31)34)23(33)28-15-19-7-5-18(14-27)6-8-19/h5-8,17,32H,9-13,15-16H2,1-4H3,(H,28,33). The third-order valence-corrected chi connectivity index (χ3v) is 10.7. The Balaban J connectivity index is 1.49. The lowest BCUT2D eigenvalue weighted by atomic mass is 10.0. The summed E-state index contributed by atoms with van der Waals surface area (Å²) in [6.45, 7) is 5.47. The summed E-state index contributed by atoms with van der Waals surface area (Å²) in [4.78, 5) is 27.9. The Morgan fingerprint density at radius 3 is 2.51 bits per heavy atom. The number of aliphatic hydroxyl groups excluding tert-OH is 1. The summed E-state index contributed by atoms with van der Waals surface area (Å²) in [5, 5.41) is 25.9. The first-order valence-electron chi connectivity index (χ1n) is 12.4. The molecule has 1 aliphatic carbocycles. The maximum atomic E-state index is 13.5.